The Bertz CT molecular complexity index is 1060. The molecule has 1 aliphatic carbocycles. The Morgan fingerprint density at radius 2 is 1.81 bits per heavy atom. The molecule has 2 aromatic carbocycles. The lowest BCUT2D eigenvalue weighted by Gasteiger charge is -2.42. The molecule has 7 heteroatoms. The van der Waals surface area contributed by atoms with Crippen molar-refractivity contribution in [2.75, 3.05) is 13.7 Å². The lowest BCUT2D eigenvalue weighted by atomic mass is 9.78. The smallest absolute Gasteiger partial charge is 0.361 e. The molecule has 31 heavy (non-hydrogen) atoms. The third-order valence-corrected chi connectivity index (χ3v) is 5.78. The van der Waals surface area contributed by atoms with Crippen molar-refractivity contribution in [3.8, 4) is 5.75 Å². The van der Waals surface area contributed by atoms with Gasteiger partial charge in [-0.25, -0.2) is 4.79 Å². The molecule has 0 saturated heterocycles. The van der Waals surface area contributed by atoms with Crippen LogP contribution in [0, 0.1) is 0 Å². The lowest BCUT2D eigenvalue weighted by molar-refractivity contribution is -0.174. The standard InChI is InChI=1S/C24H23NO5S/c1-3-28-22(27)24(30-23(31)29-17-10-5-4-6-11-17)15-19-18-12-8-7-9-16(18)13-14-20(19)25(2)21(24)26/h4-12H,3,13-15H2,1-2H3/t24-/m1/s1. The molecule has 2 aliphatic rings. The molecule has 1 amide bonds. The van der Waals surface area contributed by atoms with Gasteiger partial charge in [0.1, 0.15) is 5.75 Å². The van der Waals surface area contributed by atoms with Gasteiger partial charge in [-0.15, -0.1) is 0 Å². The molecule has 0 fully saturated rings. The lowest BCUT2D eigenvalue weighted by Crippen LogP contribution is -2.59. The highest BCUT2D eigenvalue weighted by molar-refractivity contribution is 7.79. The van der Waals surface area contributed by atoms with Crippen molar-refractivity contribution in [1.82, 2.24) is 4.90 Å². The van der Waals surface area contributed by atoms with Gasteiger partial charge in [-0.2, -0.15) is 0 Å². The molecule has 6 nitrogen and oxygen atoms in total. The van der Waals surface area contributed by atoms with E-state index in [1.165, 1.54) is 10.5 Å². The van der Waals surface area contributed by atoms with Crippen LogP contribution in [0.25, 0.3) is 5.57 Å². The second kappa shape index (κ2) is 8.51. The summed E-state index contributed by atoms with van der Waals surface area (Å²) in [5.74, 6) is -0.838. The van der Waals surface area contributed by atoms with Crippen molar-refractivity contribution in [3.05, 3.63) is 71.4 Å². The fourth-order valence-electron chi connectivity index (χ4n) is 4.15. The number of nitrogens with zero attached hydrogens (tertiary/aromatic N) is 1. The van der Waals surface area contributed by atoms with Crippen LogP contribution in [-0.4, -0.2) is 41.3 Å². The number of hydrogen-bond donors (Lipinski definition) is 0. The van der Waals surface area contributed by atoms with Crippen molar-refractivity contribution in [1.29, 1.82) is 0 Å². The number of carbonyl (C=O) groups excluding carboxylic acids is 2. The summed E-state index contributed by atoms with van der Waals surface area (Å²) in [6, 6.07) is 16.8. The van der Waals surface area contributed by atoms with Gasteiger partial charge in [0, 0.05) is 31.4 Å². The number of amides is 1. The van der Waals surface area contributed by atoms with Gasteiger partial charge in [-0.1, -0.05) is 42.5 Å². The summed E-state index contributed by atoms with van der Waals surface area (Å²) in [6.45, 7) is 1.79. The number of para-hydroxylation sites is 1. The van der Waals surface area contributed by atoms with Crippen molar-refractivity contribution >= 4 is 34.9 Å². The number of fused-ring (bicyclic) bond motifs is 2. The van der Waals surface area contributed by atoms with Gasteiger partial charge in [0.2, 0.25) is 0 Å². The van der Waals surface area contributed by atoms with Crippen molar-refractivity contribution in [2.24, 2.45) is 0 Å². The van der Waals surface area contributed by atoms with Crippen LogP contribution in [0.3, 0.4) is 0 Å². The topological polar surface area (TPSA) is 65.1 Å². The summed E-state index contributed by atoms with van der Waals surface area (Å²) in [6.07, 6.45) is 1.56. The van der Waals surface area contributed by atoms with E-state index in [9.17, 15) is 9.59 Å². The van der Waals surface area contributed by atoms with Gasteiger partial charge in [0.05, 0.1) is 6.61 Å². The quantitative estimate of drug-likeness (QED) is 0.411. The molecule has 0 N–H and O–H groups in total. The summed E-state index contributed by atoms with van der Waals surface area (Å²) in [5, 5.41) is -0.311. The van der Waals surface area contributed by atoms with Crippen LogP contribution in [0.5, 0.6) is 5.75 Å². The number of rotatable bonds is 4. The number of ether oxygens (including phenoxy) is 3. The molecule has 0 aromatic heterocycles. The molecular formula is C24H23NO5S. The molecule has 4 rings (SSSR count). The van der Waals surface area contributed by atoms with Crippen LogP contribution < -0.4 is 4.74 Å². The highest BCUT2D eigenvalue weighted by atomic mass is 32.1. The average Bonchev–Trinajstić information content (AvgIpc) is 2.78. The van der Waals surface area contributed by atoms with Gasteiger partial charge >= 0.3 is 11.2 Å². The number of hydrogen-bond acceptors (Lipinski definition) is 6. The Hall–Kier alpha value is -3.19. The molecule has 0 bridgehead atoms. The van der Waals surface area contributed by atoms with E-state index in [1.807, 2.05) is 24.3 Å². The molecule has 0 spiro atoms. The van der Waals surface area contributed by atoms with Crippen LogP contribution in [-0.2, 0) is 25.5 Å². The Morgan fingerprint density at radius 3 is 2.55 bits per heavy atom. The van der Waals surface area contributed by atoms with Crippen LogP contribution in [0.4, 0.5) is 0 Å². The van der Waals surface area contributed by atoms with E-state index in [4.69, 9.17) is 26.4 Å². The molecule has 0 saturated carbocycles. The Balaban J connectivity index is 1.73. The summed E-state index contributed by atoms with van der Waals surface area (Å²) >= 11 is 5.27. The highest BCUT2D eigenvalue weighted by Crippen LogP contribution is 2.44. The largest absolute Gasteiger partial charge is 0.463 e. The van der Waals surface area contributed by atoms with Crippen LogP contribution in [0.2, 0.25) is 0 Å². The number of aryl methyl sites for hydroxylation is 1. The zero-order chi connectivity index (χ0) is 22.0. The fraction of sp³-hybridized carbons (Fsp3) is 0.292. The van der Waals surface area contributed by atoms with E-state index >= 15 is 0 Å². The minimum atomic E-state index is -1.94. The van der Waals surface area contributed by atoms with Crippen molar-refractivity contribution in [3.63, 3.8) is 0 Å². The molecule has 1 heterocycles. The first kappa shape index (κ1) is 21.1. The number of likely N-dealkylation sites (N-methyl/N-ethyl adjacent to an activating group) is 1. The normalized spacial score (nSPS) is 19.9. The second-order valence-corrected chi connectivity index (χ2v) is 7.77. The van der Waals surface area contributed by atoms with E-state index in [-0.39, 0.29) is 18.3 Å². The summed E-state index contributed by atoms with van der Waals surface area (Å²) < 4.78 is 16.7. The van der Waals surface area contributed by atoms with Crippen molar-refractivity contribution < 1.29 is 23.8 Å². The minimum absolute atomic E-state index is 0.0274. The van der Waals surface area contributed by atoms with Gasteiger partial charge < -0.3 is 19.1 Å². The third kappa shape index (κ3) is 3.81. The molecule has 0 unspecified atom stereocenters. The predicted molar refractivity (Wildman–Crippen MR) is 119 cm³/mol. The van der Waals surface area contributed by atoms with Crippen LogP contribution in [0.15, 0.2) is 60.3 Å². The maximum Gasteiger partial charge on any atom is 0.361 e. The van der Waals surface area contributed by atoms with E-state index in [0.717, 1.165) is 23.3 Å². The van der Waals surface area contributed by atoms with Gasteiger partial charge in [0.15, 0.2) is 0 Å². The van der Waals surface area contributed by atoms with E-state index < -0.39 is 17.5 Å². The van der Waals surface area contributed by atoms with E-state index in [2.05, 4.69) is 6.07 Å². The molecule has 0 radical (unpaired) electrons. The number of esters is 1. The number of carbonyl (C=O) groups is 2. The first-order valence-electron chi connectivity index (χ1n) is 10.2. The minimum Gasteiger partial charge on any atom is -0.463 e. The molecule has 2 aromatic rings. The zero-order valence-electron chi connectivity index (χ0n) is 17.4. The van der Waals surface area contributed by atoms with Crippen LogP contribution >= 0.6 is 12.2 Å². The third-order valence-electron chi connectivity index (χ3n) is 5.61. The van der Waals surface area contributed by atoms with Gasteiger partial charge in [-0.05, 0) is 48.6 Å². The highest BCUT2D eigenvalue weighted by Gasteiger charge is 2.57. The maximum absolute atomic E-state index is 13.5. The number of benzene rings is 2. The first-order valence-corrected chi connectivity index (χ1v) is 10.6. The summed E-state index contributed by atoms with van der Waals surface area (Å²) in [7, 11) is 1.66. The molecule has 160 valence electrons. The Morgan fingerprint density at radius 1 is 1.10 bits per heavy atom. The Labute approximate surface area is 186 Å². The van der Waals surface area contributed by atoms with Gasteiger partial charge in [0.25, 0.3) is 11.5 Å². The monoisotopic (exact) mass is 437 g/mol. The Kier molecular flexibility index (Phi) is 5.78. The predicted octanol–water partition coefficient (Wildman–Crippen LogP) is 3.89. The maximum atomic E-state index is 13.5. The summed E-state index contributed by atoms with van der Waals surface area (Å²) in [4.78, 5) is 28.1. The summed E-state index contributed by atoms with van der Waals surface area (Å²) in [5.41, 5.74) is 2.02. The number of thiocarbonyl (C=S) groups is 1. The van der Waals surface area contributed by atoms with E-state index in [1.54, 1.807) is 38.2 Å². The zero-order valence-corrected chi connectivity index (χ0v) is 18.2. The molecule has 1 aliphatic heterocycles. The fourth-order valence-corrected chi connectivity index (χ4v) is 4.39. The van der Waals surface area contributed by atoms with E-state index in [0.29, 0.717) is 12.2 Å². The second-order valence-electron chi connectivity index (χ2n) is 7.44. The average molecular weight is 438 g/mol. The van der Waals surface area contributed by atoms with Crippen LogP contribution in [0.1, 0.15) is 30.9 Å². The van der Waals surface area contributed by atoms with Gasteiger partial charge in [-0.3, -0.25) is 4.79 Å². The molecule has 1 atom stereocenters. The first-order chi connectivity index (χ1) is 15.0. The number of allylic oxidation sites excluding steroid dienone is 1. The SMILES string of the molecule is CCOC(=O)[C@@]1(OC(=S)Oc2ccccc2)CC2=C(CCc3ccccc32)N(C)C1=O. The molecular weight excluding hydrogens is 414 g/mol. The van der Waals surface area contributed by atoms with Crippen molar-refractivity contribution in [2.45, 2.75) is 31.8 Å².